The van der Waals surface area contributed by atoms with Gasteiger partial charge in [0.25, 0.3) is 5.56 Å². The van der Waals surface area contributed by atoms with Gasteiger partial charge in [0.05, 0.1) is 11.7 Å². The maximum atomic E-state index is 12.4. The Hall–Kier alpha value is -2.42. The van der Waals surface area contributed by atoms with Crippen LogP contribution < -0.4 is 10.9 Å². The average Bonchev–Trinajstić information content (AvgIpc) is 3.11. The van der Waals surface area contributed by atoms with Gasteiger partial charge in [-0.15, -0.1) is 11.3 Å². The summed E-state index contributed by atoms with van der Waals surface area (Å²) in [6, 6.07) is 1.67. The Bertz CT molecular complexity index is 823. The molecule has 8 nitrogen and oxygen atoms in total. The normalized spacial score (nSPS) is 14.8. The predicted molar refractivity (Wildman–Crippen MR) is 95.7 cm³/mol. The number of hydrogen-bond donors (Lipinski definition) is 1. The zero-order valence-electron chi connectivity index (χ0n) is 14.1. The number of carbonyl (C=O) groups excluding carboxylic acids is 2. The van der Waals surface area contributed by atoms with Crippen molar-refractivity contribution >= 4 is 33.5 Å². The first-order valence-electron chi connectivity index (χ1n) is 8.33. The fourth-order valence-corrected chi connectivity index (χ4v) is 3.57. The molecule has 0 saturated carbocycles. The maximum absolute atomic E-state index is 12.4. The van der Waals surface area contributed by atoms with Crippen LogP contribution in [0.4, 0.5) is 4.79 Å². The van der Waals surface area contributed by atoms with Crippen molar-refractivity contribution in [1.29, 1.82) is 0 Å². The van der Waals surface area contributed by atoms with Gasteiger partial charge in [-0.3, -0.25) is 14.2 Å². The molecule has 1 N–H and O–H groups in total. The zero-order chi connectivity index (χ0) is 17.8. The van der Waals surface area contributed by atoms with Crippen molar-refractivity contribution < 1.29 is 9.59 Å². The van der Waals surface area contributed by atoms with Crippen LogP contribution in [0.25, 0.3) is 10.2 Å². The van der Waals surface area contributed by atoms with E-state index in [-0.39, 0.29) is 23.9 Å². The van der Waals surface area contributed by atoms with Crippen molar-refractivity contribution in [2.45, 2.75) is 19.9 Å². The van der Waals surface area contributed by atoms with Crippen molar-refractivity contribution in [1.82, 2.24) is 24.7 Å². The fraction of sp³-hybridized carbons (Fsp3) is 0.500. The van der Waals surface area contributed by atoms with E-state index in [2.05, 4.69) is 10.3 Å². The standard InChI is InChI=1S/C16H21N5O3S/c1-2-17-16(24)20-8-6-19(7-9-20)13(22)3-5-21-11-18-14-12(15(21)23)4-10-25-14/h4,10-11H,2-3,5-9H2,1H3,(H,17,24). The topological polar surface area (TPSA) is 87.5 Å². The van der Waals surface area contributed by atoms with Gasteiger partial charge in [-0.25, -0.2) is 9.78 Å². The van der Waals surface area contributed by atoms with E-state index in [1.807, 2.05) is 12.3 Å². The van der Waals surface area contributed by atoms with Crippen LogP contribution in [-0.4, -0.2) is 64.0 Å². The summed E-state index contributed by atoms with van der Waals surface area (Å²) in [5.74, 6) is -0.00661. The first-order valence-corrected chi connectivity index (χ1v) is 9.21. The molecule has 25 heavy (non-hydrogen) atoms. The number of hydrogen-bond acceptors (Lipinski definition) is 5. The molecule has 2 aromatic heterocycles. The van der Waals surface area contributed by atoms with E-state index in [0.29, 0.717) is 49.5 Å². The fourth-order valence-electron chi connectivity index (χ4n) is 2.85. The Balaban J connectivity index is 1.54. The molecular formula is C16H21N5O3S. The zero-order valence-corrected chi connectivity index (χ0v) is 14.9. The highest BCUT2D eigenvalue weighted by molar-refractivity contribution is 7.16. The van der Waals surface area contributed by atoms with E-state index >= 15 is 0 Å². The Kier molecular flexibility index (Phi) is 5.32. The molecule has 3 heterocycles. The van der Waals surface area contributed by atoms with Crippen LogP contribution in [0, 0.1) is 0 Å². The third-order valence-electron chi connectivity index (χ3n) is 4.26. The van der Waals surface area contributed by atoms with Crippen molar-refractivity contribution in [3.05, 3.63) is 28.1 Å². The second-order valence-corrected chi connectivity index (χ2v) is 6.73. The Labute approximate surface area is 149 Å². The van der Waals surface area contributed by atoms with Gasteiger partial charge in [-0.2, -0.15) is 0 Å². The lowest BCUT2D eigenvalue weighted by molar-refractivity contribution is -0.132. The third-order valence-corrected chi connectivity index (χ3v) is 5.09. The minimum Gasteiger partial charge on any atom is -0.339 e. The Morgan fingerprint density at radius 1 is 1.24 bits per heavy atom. The van der Waals surface area contributed by atoms with Gasteiger partial charge in [0.2, 0.25) is 5.91 Å². The molecule has 1 saturated heterocycles. The summed E-state index contributed by atoms with van der Waals surface area (Å²) in [5, 5.41) is 5.19. The molecule has 0 bridgehead atoms. The number of piperazine rings is 1. The van der Waals surface area contributed by atoms with Gasteiger partial charge in [0.15, 0.2) is 0 Å². The number of fused-ring (bicyclic) bond motifs is 1. The molecule has 1 aliphatic heterocycles. The quantitative estimate of drug-likeness (QED) is 0.867. The molecule has 2 aromatic rings. The average molecular weight is 363 g/mol. The Morgan fingerprint density at radius 2 is 1.96 bits per heavy atom. The van der Waals surface area contributed by atoms with E-state index in [9.17, 15) is 14.4 Å². The van der Waals surface area contributed by atoms with Gasteiger partial charge < -0.3 is 15.1 Å². The van der Waals surface area contributed by atoms with E-state index in [4.69, 9.17) is 0 Å². The van der Waals surface area contributed by atoms with Crippen LogP contribution in [-0.2, 0) is 11.3 Å². The van der Waals surface area contributed by atoms with Crippen LogP contribution in [0.2, 0.25) is 0 Å². The number of carbonyl (C=O) groups is 2. The lowest BCUT2D eigenvalue weighted by Gasteiger charge is -2.34. The van der Waals surface area contributed by atoms with Crippen LogP contribution in [0.5, 0.6) is 0 Å². The summed E-state index contributed by atoms with van der Waals surface area (Å²) in [6.07, 6.45) is 1.75. The largest absolute Gasteiger partial charge is 0.339 e. The third kappa shape index (κ3) is 3.81. The summed E-state index contributed by atoms with van der Waals surface area (Å²) < 4.78 is 1.48. The number of aromatic nitrogens is 2. The number of amides is 3. The van der Waals surface area contributed by atoms with Crippen molar-refractivity contribution in [2.75, 3.05) is 32.7 Å². The highest BCUT2D eigenvalue weighted by Crippen LogP contribution is 2.13. The molecule has 3 amide bonds. The van der Waals surface area contributed by atoms with Crippen molar-refractivity contribution in [3.63, 3.8) is 0 Å². The van der Waals surface area contributed by atoms with Crippen LogP contribution >= 0.6 is 11.3 Å². The monoisotopic (exact) mass is 363 g/mol. The van der Waals surface area contributed by atoms with E-state index in [1.165, 1.54) is 22.2 Å². The number of nitrogens with zero attached hydrogens (tertiary/aromatic N) is 4. The molecule has 9 heteroatoms. The molecule has 0 radical (unpaired) electrons. The number of urea groups is 1. The number of nitrogens with one attached hydrogen (secondary N) is 1. The van der Waals surface area contributed by atoms with Crippen LogP contribution in [0.3, 0.4) is 0 Å². The smallest absolute Gasteiger partial charge is 0.317 e. The molecular weight excluding hydrogens is 342 g/mol. The SMILES string of the molecule is CCNC(=O)N1CCN(C(=O)CCn2cnc3sccc3c2=O)CC1. The van der Waals surface area contributed by atoms with E-state index < -0.39 is 0 Å². The van der Waals surface area contributed by atoms with Crippen molar-refractivity contribution in [3.8, 4) is 0 Å². The first kappa shape index (κ1) is 17.4. The first-order chi connectivity index (χ1) is 12.1. The van der Waals surface area contributed by atoms with Gasteiger partial charge >= 0.3 is 6.03 Å². The molecule has 0 aromatic carbocycles. The van der Waals surface area contributed by atoms with Crippen LogP contribution in [0.15, 0.2) is 22.6 Å². The summed E-state index contributed by atoms with van der Waals surface area (Å²) in [6.45, 7) is 4.88. The lowest BCUT2D eigenvalue weighted by atomic mass is 10.2. The molecule has 134 valence electrons. The molecule has 1 fully saturated rings. The van der Waals surface area contributed by atoms with Gasteiger partial charge in [0.1, 0.15) is 4.83 Å². The minimum absolute atomic E-state index is 0.00661. The van der Waals surface area contributed by atoms with Gasteiger partial charge in [0, 0.05) is 45.7 Å². The molecule has 1 aliphatic rings. The molecule has 0 aliphatic carbocycles. The van der Waals surface area contributed by atoms with E-state index in [0.717, 1.165) is 0 Å². The molecule has 0 spiro atoms. The second-order valence-electron chi connectivity index (χ2n) is 5.84. The van der Waals surface area contributed by atoms with Crippen LogP contribution in [0.1, 0.15) is 13.3 Å². The van der Waals surface area contributed by atoms with E-state index in [1.54, 1.807) is 15.9 Å². The highest BCUT2D eigenvalue weighted by Gasteiger charge is 2.23. The number of aryl methyl sites for hydroxylation is 1. The minimum atomic E-state index is -0.111. The summed E-state index contributed by atoms with van der Waals surface area (Å²) in [7, 11) is 0. The molecule has 0 unspecified atom stereocenters. The maximum Gasteiger partial charge on any atom is 0.317 e. The highest BCUT2D eigenvalue weighted by atomic mass is 32.1. The van der Waals surface area contributed by atoms with Gasteiger partial charge in [-0.05, 0) is 18.4 Å². The lowest BCUT2D eigenvalue weighted by Crippen LogP contribution is -2.53. The number of rotatable bonds is 4. The number of thiophene rings is 1. The second kappa shape index (κ2) is 7.64. The van der Waals surface area contributed by atoms with Gasteiger partial charge in [-0.1, -0.05) is 0 Å². The van der Waals surface area contributed by atoms with Crippen molar-refractivity contribution in [2.24, 2.45) is 0 Å². The summed E-state index contributed by atoms with van der Waals surface area (Å²) >= 11 is 1.43. The summed E-state index contributed by atoms with van der Waals surface area (Å²) in [5.41, 5.74) is -0.111. The molecule has 3 rings (SSSR count). The molecule has 0 atom stereocenters. The Morgan fingerprint density at radius 3 is 2.68 bits per heavy atom. The predicted octanol–water partition coefficient (Wildman–Crippen LogP) is 0.722. The summed E-state index contributed by atoms with van der Waals surface area (Å²) in [4.78, 5) is 44.9.